The van der Waals surface area contributed by atoms with Crippen LogP contribution in [0.2, 0.25) is 10.0 Å². The first-order valence-corrected chi connectivity index (χ1v) is 15.1. The normalized spacial score (nSPS) is 24.9. The van der Waals surface area contributed by atoms with Gasteiger partial charge in [-0.1, -0.05) is 54.8 Å². The average Bonchev–Trinajstić information content (AvgIpc) is 3.03. The molecule has 1 fully saturated rings. The van der Waals surface area contributed by atoms with Crippen molar-refractivity contribution in [1.29, 1.82) is 0 Å². The molecule has 1 heterocycles. The fraction of sp³-hybridized carbons (Fsp3) is 0.531. The lowest BCUT2D eigenvalue weighted by molar-refractivity contribution is 0.0456. The van der Waals surface area contributed by atoms with Crippen LogP contribution in [0.3, 0.4) is 0 Å². The van der Waals surface area contributed by atoms with Crippen molar-refractivity contribution in [2.45, 2.75) is 70.3 Å². The van der Waals surface area contributed by atoms with Crippen molar-refractivity contribution < 1.29 is 19.4 Å². The van der Waals surface area contributed by atoms with Gasteiger partial charge in [0.05, 0.1) is 35.6 Å². The van der Waals surface area contributed by atoms with Gasteiger partial charge in [0.15, 0.2) is 0 Å². The van der Waals surface area contributed by atoms with Gasteiger partial charge in [0, 0.05) is 29.6 Å². The lowest BCUT2D eigenvalue weighted by atomic mass is 9.68. The van der Waals surface area contributed by atoms with Crippen LogP contribution in [0.1, 0.15) is 73.9 Å². The Balaban J connectivity index is 1.51. The van der Waals surface area contributed by atoms with Crippen molar-refractivity contribution in [3.8, 4) is 5.75 Å². The molecule has 39 heavy (non-hydrogen) atoms. The number of carbonyl (C=O) groups excluding carboxylic acids is 1. The summed E-state index contributed by atoms with van der Waals surface area (Å²) >= 11 is 13.0. The number of unbranched alkanes of at least 4 members (excludes halogenated alkanes) is 1. The summed E-state index contributed by atoms with van der Waals surface area (Å²) in [6.07, 6.45) is 10.8. The highest BCUT2D eigenvalue weighted by atomic mass is 35.5. The number of aliphatic hydroxyl groups is 1. The minimum absolute atomic E-state index is 0.216. The number of ether oxygens (including phenoxy) is 2. The topological polar surface area (TPSA) is 59.0 Å². The molecule has 7 heteroatoms. The molecular formula is C32H39Cl2NO4. The van der Waals surface area contributed by atoms with Crippen molar-refractivity contribution >= 4 is 34.9 Å². The Labute approximate surface area is 242 Å². The van der Waals surface area contributed by atoms with Crippen LogP contribution >= 0.6 is 23.2 Å². The first-order valence-electron chi connectivity index (χ1n) is 14.4. The summed E-state index contributed by atoms with van der Waals surface area (Å²) in [5, 5.41) is 12.0. The van der Waals surface area contributed by atoms with Crippen LogP contribution in [0.15, 0.2) is 42.5 Å². The van der Waals surface area contributed by atoms with Crippen LogP contribution in [0.4, 0.5) is 5.69 Å². The third-order valence-electron chi connectivity index (χ3n) is 8.78. The molecule has 0 aromatic heterocycles. The van der Waals surface area contributed by atoms with Gasteiger partial charge in [0.1, 0.15) is 5.75 Å². The predicted octanol–water partition coefficient (Wildman–Crippen LogP) is 7.39. The highest BCUT2D eigenvalue weighted by molar-refractivity contribution is 6.34. The Morgan fingerprint density at radius 2 is 2.10 bits per heavy atom. The van der Waals surface area contributed by atoms with E-state index in [2.05, 4.69) is 30.0 Å². The second-order valence-corrected chi connectivity index (χ2v) is 12.2. The van der Waals surface area contributed by atoms with E-state index >= 15 is 0 Å². The lowest BCUT2D eigenvalue weighted by Gasteiger charge is -2.45. The van der Waals surface area contributed by atoms with E-state index in [1.54, 1.807) is 13.0 Å². The molecular weight excluding hydrogens is 533 g/mol. The molecule has 1 N–H and O–H groups in total. The molecule has 5 rings (SSSR count). The Morgan fingerprint density at radius 1 is 1.26 bits per heavy atom. The zero-order chi connectivity index (χ0) is 27.6. The van der Waals surface area contributed by atoms with E-state index in [0.717, 1.165) is 68.7 Å². The minimum Gasteiger partial charge on any atom is -0.490 e. The lowest BCUT2D eigenvalue weighted by Crippen LogP contribution is -2.49. The highest BCUT2D eigenvalue weighted by Crippen LogP contribution is 2.47. The van der Waals surface area contributed by atoms with Crippen molar-refractivity contribution in [2.75, 3.05) is 31.2 Å². The summed E-state index contributed by atoms with van der Waals surface area (Å²) in [5.74, 6) is 0.811. The Hall–Kier alpha value is -2.21. The van der Waals surface area contributed by atoms with E-state index in [1.165, 1.54) is 11.1 Å². The minimum atomic E-state index is -0.440. The quantitative estimate of drug-likeness (QED) is 0.264. The maximum absolute atomic E-state index is 12.8. The van der Waals surface area contributed by atoms with Gasteiger partial charge in [-0.2, -0.15) is 0 Å². The van der Waals surface area contributed by atoms with Crippen LogP contribution in [0, 0.1) is 11.8 Å². The summed E-state index contributed by atoms with van der Waals surface area (Å²) in [7, 11) is 0. The second kappa shape index (κ2) is 12.1. The average molecular weight is 573 g/mol. The third kappa shape index (κ3) is 5.82. The number of aryl methyl sites for hydroxylation is 1. The summed E-state index contributed by atoms with van der Waals surface area (Å²) in [4.78, 5) is 15.2. The summed E-state index contributed by atoms with van der Waals surface area (Å²) < 4.78 is 11.8. The zero-order valence-electron chi connectivity index (χ0n) is 22.9. The number of halogens is 2. The fourth-order valence-corrected chi connectivity index (χ4v) is 7.02. The number of esters is 1. The van der Waals surface area contributed by atoms with Gasteiger partial charge in [0.2, 0.25) is 0 Å². The third-order valence-corrected chi connectivity index (χ3v) is 9.33. The molecule has 0 saturated heterocycles. The summed E-state index contributed by atoms with van der Waals surface area (Å²) in [6, 6.07) is 9.84. The van der Waals surface area contributed by atoms with Gasteiger partial charge in [-0.3, -0.25) is 0 Å². The molecule has 4 atom stereocenters. The summed E-state index contributed by atoms with van der Waals surface area (Å²) in [6.45, 7) is 6.26. The maximum atomic E-state index is 12.8. The molecule has 1 spiro atoms. The van der Waals surface area contributed by atoms with Gasteiger partial charge < -0.3 is 19.5 Å². The monoisotopic (exact) mass is 571 g/mol. The van der Waals surface area contributed by atoms with Crippen molar-refractivity contribution in [3.05, 3.63) is 69.2 Å². The van der Waals surface area contributed by atoms with Gasteiger partial charge in [-0.15, -0.1) is 0 Å². The number of hydrogen-bond donors (Lipinski definition) is 1. The van der Waals surface area contributed by atoms with E-state index in [-0.39, 0.29) is 17.9 Å². The number of anilines is 1. The van der Waals surface area contributed by atoms with E-state index in [4.69, 9.17) is 32.7 Å². The number of rotatable bonds is 8. The first-order chi connectivity index (χ1) is 18.8. The van der Waals surface area contributed by atoms with Crippen LogP contribution in [0.5, 0.6) is 5.75 Å². The van der Waals surface area contributed by atoms with E-state index in [9.17, 15) is 9.90 Å². The van der Waals surface area contributed by atoms with E-state index in [0.29, 0.717) is 28.9 Å². The molecule has 0 radical (unpaired) electrons. The molecule has 2 aromatic carbocycles. The first kappa shape index (κ1) is 28.3. The SMILES string of the molecule is CCC/C=C/[C@H](O)[C@@H]1CC[C@H]1CN1C[C@@]2(CCCc3cc(Cl)ccc32)COc2cc(Cl)c(C(=O)OCC)cc21. The molecule has 1 aliphatic heterocycles. The Kier molecular flexibility index (Phi) is 8.80. The summed E-state index contributed by atoms with van der Waals surface area (Å²) in [5.41, 5.74) is 3.58. The second-order valence-electron chi connectivity index (χ2n) is 11.3. The molecule has 2 aliphatic carbocycles. The highest BCUT2D eigenvalue weighted by Gasteiger charge is 2.44. The molecule has 210 valence electrons. The maximum Gasteiger partial charge on any atom is 0.339 e. The molecule has 2 aromatic rings. The van der Waals surface area contributed by atoms with Crippen LogP contribution in [-0.4, -0.2) is 43.5 Å². The smallest absolute Gasteiger partial charge is 0.339 e. The molecule has 5 nitrogen and oxygen atoms in total. The Morgan fingerprint density at radius 3 is 2.85 bits per heavy atom. The molecule has 0 unspecified atom stereocenters. The van der Waals surface area contributed by atoms with Crippen molar-refractivity contribution in [1.82, 2.24) is 0 Å². The standard InChI is InChI=1S/C32H39Cl2NO4/c1-3-5-6-9-29(36)24-12-10-22(24)18-35-19-32(14-7-8-21-15-23(33)11-13-26(21)32)20-39-30-17-27(34)25(16-28(30)35)31(37)38-4-2/h6,9,11,13,15-17,22,24,29,36H,3-5,7-8,10,12,14,18-20H2,1-2H3/b9-6+/t22-,24+,29-,32-/m0/s1. The number of allylic oxidation sites excluding steroid dienone is 1. The van der Waals surface area contributed by atoms with Gasteiger partial charge in [-0.05, 0) is 86.6 Å². The van der Waals surface area contributed by atoms with Gasteiger partial charge in [0.25, 0.3) is 0 Å². The van der Waals surface area contributed by atoms with Crippen LogP contribution in [0.25, 0.3) is 0 Å². The largest absolute Gasteiger partial charge is 0.490 e. The fourth-order valence-electron chi connectivity index (χ4n) is 6.60. The molecule has 0 amide bonds. The van der Waals surface area contributed by atoms with E-state index in [1.807, 2.05) is 18.2 Å². The van der Waals surface area contributed by atoms with Crippen molar-refractivity contribution in [3.63, 3.8) is 0 Å². The number of aliphatic hydroxyl groups excluding tert-OH is 1. The van der Waals surface area contributed by atoms with Gasteiger partial charge in [-0.25, -0.2) is 4.79 Å². The molecule has 3 aliphatic rings. The van der Waals surface area contributed by atoms with E-state index < -0.39 is 12.1 Å². The molecule has 1 saturated carbocycles. The number of carbonyl (C=O) groups is 1. The number of hydrogen-bond acceptors (Lipinski definition) is 5. The zero-order valence-corrected chi connectivity index (χ0v) is 24.4. The van der Waals surface area contributed by atoms with Crippen LogP contribution in [-0.2, 0) is 16.6 Å². The number of nitrogens with zero attached hydrogens (tertiary/aromatic N) is 1. The number of benzene rings is 2. The number of fused-ring (bicyclic) bond motifs is 3. The predicted molar refractivity (Wildman–Crippen MR) is 157 cm³/mol. The van der Waals surface area contributed by atoms with Crippen LogP contribution < -0.4 is 9.64 Å². The Bertz CT molecular complexity index is 1230. The molecule has 0 bridgehead atoms. The van der Waals surface area contributed by atoms with Gasteiger partial charge >= 0.3 is 5.97 Å². The van der Waals surface area contributed by atoms with Crippen molar-refractivity contribution in [2.24, 2.45) is 11.8 Å².